The molecule has 0 saturated carbocycles. The first-order valence-corrected chi connectivity index (χ1v) is 12.4. The first-order chi connectivity index (χ1) is 18.0. The van der Waals surface area contributed by atoms with Gasteiger partial charge in [-0.05, 0) is 69.9 Å². The van der Waals surface area contributed by atoms with E-state index in [-0.39, 0.29) is 19.0 Å². The van der Waals surface area contributed by atoms with Gasteiger partial charge < -0.3 is 19.5 Å². The minimum absolute atomic E-state index is 0.184. The second kappa shape index (κ2) is 10.1. The number of amides is 1. The summed E-state index contributed by atoms with van der Waals surface area (Å²) in [5, 5.41) is 0.716. The van der Waals surface area contributed by atoms with E-state index >= 15 is 4.39 Å². The highest BCUT2D eigenvalue weighted by atomic mass is 19.4. The number of aromatic amines is 1. The molecule has 0 atom stereocenters. The number of carbonyl (C=O) groups is 1. The van der Waals surface area contributed by atoms with Crippen LogP contribution in [-0.4, -0.2) is 65.3 Å². The molecule has 2 saturated heterocycles. The number of pyridine rings is 1. The minimum atomic E-state index is -5.28. The number of hydrogen-bond donors (Lipinski definition) is 1. The van der Waals surface area contributed by atoms with Gasteiger partial charge in [-0.25, -0.2) is 18.2 Å². The van der Waals surface area contributed by atoms with E-state index in [0.29, 0.717) is 47.5 Å². The number of benzene rings is 1. The van der Waals surface area contributed by atoms with Crippen molar-refractivity contribution in [1.82, 2.24) is 19.8 Å². The number of carbonyl (C=O) groups excluding carboxylic acids is 1. The monoisotopic (exact) mass is 540 g/mol. The molecule has 38 heavy (non-hydrogen) atoms. The predicted octanol–water partition coefficient (Wildman–Crippen LogP) is 5.71. The standard InChI is InChI=1S/C26H26F6N4O2/c1-35-6-2-14(3-7-35)21-12-17-22(20(29)13-33-24(17)34-21)15-4-8-36(9-5-15)25(37)16-10-18(27)23(19(28)11-16)38-26(30,31)32/h10-15H,2-9H2,1H3,(H,33,34). The molecule has 1 amide bonds. The number of nitrogens with zero attached hydrogens (tertiary/aromatic N) is 3. The fraction of sp³-hybridized carbons (Fsp3) is 0.462. The number of halogens is 6. The summed E-state index contributed by atoms with van der Waals surface area (Å²) >= 11 is 0. The molecule has 6 nitrogen and oxygen atoms in total. The van der Waals surface area contributed by atoms with E-state index in [2.05, 4.69) is 26.7 Å². The number of aromatic nitrogens is 2. The maximum Gasteiger partial charge on any atom is 0.573 e. The highest BCUT2D eigenvalue weighted by Crippen LogP contribution is 2.38. The summed E-state index contributed by atoms with van der Waals surface area (Å²) < 4.78 is 83.8. The van der Waals surface area contributed by atoms with Crippen molar-refractivity contribution in [3.8, 4) is 5.75 Å². The number of likely N-dealkylation sites (tertiary alicyclic amines) is 2. The lowest BCUT2D eigenvalue weighted by Crippen LogP contribution is -2.38. The summed E-state index contributed by atoms with van der Waals surface area (Å²) in [4.78, 5) is 24.1. The molecule has 2 fully saturated rings. The van der Waals surface area contributed by atoms with Crippen LogP contribution in [0.2, 0.25) is 0 Å². The first kappa shape index (κ1) is 26.3. The Labute approximate surface area is 214 Å². The Hall–Kier alpha value is -3.28. The molecule has 12 heteroatoms. The smallest absolute Gasteiger partial charge is 0.399 e. The van der Waals surface area contributed by atoms with E-state index in [1.807, 2.05) is 6.07 Å². The number of H-pyrrole nitrogens is 1. The van der Waals surface area contributed by atoms with Crippen LogP contribution in [0.25, 0.3) is 11.0 Å². The van der Waals surface area contributed by atoms with Crippen molar-refractivity contribution >= 4 is 16.9 Å². The molecule has 1 N–H and O–H groups in total. The van der Waals surface area contributed by atoms with Crippen LogP contribution >= 0.6 is 0 Å². The molecule has 2 aliphatic heterocycles. The molecule has 5 rings (SSSR count). The SMILES string of the molecule is CN1CCC(c2cc3c(C4CCN(C(=O)c5cc(F)c(OC(F)(F)F)c(F)c5)CC4)c(F)cnc3[nH]2)CC1. The topological polar surface area (TPSA) is 61.5 Å². The summed E-state index contributed by atoms with van der Waals surface area (Å²) in [5.74, 6) is -5.90. The molecule has 204 valence electrons. The molecular formula is C26H26F6N4O2. The molecule has 2 aromatic heterocycles. The van der Waals surface area contributed by atoms with Gasteiger partial charge in [-0.2, -0.15) is 0 Å². The van der Waals surface area contributed by atoms with Gasteiger partial charge in [0.25, 0.3) is 5.91 Å². The molecule has 3 aromatic rings. The zero-order valence-corrected chi connectivity index (χ0v) is 20.5. The molecule has 2 aliphatic rings. The Morgan fingerprint density at radius 3 is 2.16 bits per heavy atom. The molecule has 0 radical (unpaired) electrons. The van der Waals surface area contributed by atoms with E-state index in [0.717, 1.165) is 31.6 Å². The third-order valence-electron chi connectivity index (χ3n) is 7.48. The van der Waals surface area contributed by atoms with Crippen LogP contribution in [0.1, 0.15) is 59.1 Å². The lowest BCUT2D eigenvalue weighted by atomic mass is 9.87. The average Bonchev–Trinajstić information content (AvgIpc) is 3.30. The van der Waals surface area contributed by atoms with E-state index < -0.39 is 41.0 Å². The quantitative estimate of drug-likeness (QED) is 0.431. The number of piperidine rings is 2. The highest BCUT2D eigenvalue weighted by Gasteiger charge is 2.35. The summed E-state index contributed by atoms with van der Waals surface area (Å²) in [5.41, 5.74) is 1.74. The number of ether oxygens (including phenoxy) is 1. The van der Waals surface area contributed by atoms with Crippen LogP contribution in [0.4, 0.5) is 26.3 Å². The van der Waals surface area contributed by atoms with Gasteiger partial charge in [0.1, 0.15) is 11.5 Å². The van der Waals surface area contributed by atoms with E-state index in [9.17, 15) is 26.7 Å². The molecule has 4 heterocycles. The summed E-state index contributed by atoms with van der Waals surface area (Å²) in [7, 11) is 2.08. The van der Waals surface area contributed by atoms with Crippen molar-refractivity contribution < 1.29 is 35.9 Å². The highest BCUT2D eigenvalue weighted by molar-refractivity contribution is 5.94. The van der Waals surface area contributed by atoms with Crippen LogP contribution in [0.15, 0.2) is 24.4 Å². The number of fused-ring (bicyclic) bond motifs is 1. The summed E-state index contributed by atoms with van der Waals surface area (Å²) in [6.07, 6.45) is -1.30. The van der Waals surface area contributed by atoms with Gasteiger partial charge in [0.2, 0.25) is 5.75 Å². The van der Waals surface area contributed by atoms with Gasteiger partial charge >= 0.3 is 6.36 Å². The van der Waals surface area contributed by atoms with Crippen LogP contribution < -0.4 is 4.74 Å². The van der Waals surface area contributed by atoms with Crippen molar-refractivity contribution in [3.63, 3.8) is 0 Å². The van der Waals surface area contributed by atoms with Crippen molar-refractivity contribution in [2.24, 2.45) is 0 Å². The van der Waals surface area contributed by atoms with Gasteiger partial charge in [0.15, 0.2) is 11.6 Å². The first-order valence-electron chi connectivity index (χ1n) is 12.4. The van der Waals surface area contributed by atoms with Crippen molar-refractivity contribution in [2.45, 2.75) is 43.9 Å². The lowest BCUT2D eigenvalue weighted by Gasteiger charge is -2.32. The molecule has 0 aliphatic carbocycles. The summed E-state index contributed by atoms with van der Waals surface area (Å²) in [6.45, 7) is 2.33. The van der Waals surface area contributed by atoms with Crippen molar-refractivity contribution in [2.75, 3.05) is 33.2 Å². The van der Waals surface area contributed by atoms with Gasteiger partial charge in [-0.3, -0.25) is 4.79 Å². The molecule has 0 bridgehead atoms. The zero-order chi connectivity index (χ0) is 27.2. The number of hydrogen-bond acceptors (Lipinski definition) is 4. The van der Waals surface area contributed by atoms with Crippen LogP contribution in [-0.2, 0) is 0 Å². The van der Waals surface area contributed by atoms with Gasteiger partial charge in [-0.1, -0.05) is 0 Å². The second-order valence-corrected chi connectivity index (χ2v) is 9.97. The predicted molar refractivity (Wildman–Crippen MR) is 126 cm³/mol. The number of nitrogens with one attached hydrogen (secondary N) is 1. The van der Waals surface area contributed by atoms with Crippen LogP contribution in [0.3, 0.4) is 0 Å². The van der Waals surface area contributed by atoms with Crippen molar-refractivity contribution in [1.29, 1.82) is 0 Å². The Kier molecular flexibility index (Phi) is 7.01. The summed E-state index contributed by atoms with van der Waals surface area (Å²) in [6, 6.07) is 3.02. The minimum Gasteiger partial charge on any atom is -0.399 e. The number of rotatable bonds is 4. The third kappa shape index (κ3) is 5.31. The van der Waals surface area contributed by atoms with Gasteiger partial charge in [0, 0.05) is 41.2 Å². The fourth-order valence-corrected chi connectivity index (χ4v) is 5.50. The Bertz CT molecular complexity index is 1320. The Morgan fingerprint density at radius 1 is 0.947 bits per heavy atom. The Morgan fingerprint density at radius 2 is 1.55 bits per heavy atom. The molecule has 0 unspecified atom stereocenters. The van der Waals surface area contributed by atoms with E-state index in [4.69, 9.17) is 0 Å². The average molecular weight is 541 g/mol. The lowest BCUT2D eigenvalue weighted by molar-refractivity contribution is -0.276. The van der Waals surface area contributed by atoms with E-state index in [1.54, 1.807) is 0 Å². The second-order valence-electron chi connectivity index (χ2n) is 9.97. The van der Waals surface area contributed by atoms with E-state index in [1.165, 1.54) is 11.1 Å². The van der Waals surface area contributed by atoms with Gasteiger partial charge in [0.05, 0.1) is 6.20 Å². The van der Waals surface area contributed by atoms with Gasteiger partial charge in [-0.15, -0.1) is 13.2 Å². The maximum absolute atomic E-state index is 15.0. The number of alkyl halides is 3. The third-order valence-corrected chi connectivity index (χ3v) is 7.48. The fourth-order valence-electron chi connectivity index (χ4n) is 5.50. The maximum atomic E-state index is 15.0. The van der Waals surface area contributed by atoms with Crippen molar-refractivity contribution in [3.05, 3.63) is 58.7 Å². The molecule has 1 aromatic carbocycles. The van der Waals surface area contributed by atoms with Crippen LogP contribution in [0, 0.1) is 17.5 Å². The molecule has 0 spiro atoms. The Balaban J connectivity index is 1.31. The zero-order valence-electron chi connectivity index (χ0n) is 20.5. The largest absolute Gasteiger partial charge is 0.573 e. The molecular weight excluding hydrogens is 514 g/mol. The van der Waals surface area contributed by atoms with Crippen LogP contribution in [0.5, 0.6) is 5.75 Å². The normalized spacial score (nSPS) is 18.3.